The number of aromatic hydroxyl groups is 1. The number of hydrogen-bond donors (Lipinski definition) is 2. The fourth-order valence-electron chi connectivity index (χ4n) is 4.44. The molecule has 2 aliphatic heterocycles. The monoisotopic (exact) mass is 361 g/mol. The van der Waals surface area contributed by atoms with Crippen LogP contribution in [-0.2, 0) is 19.1 Å². The minimum Gasteiger partial charge on any atom is -0.508 e. The molecule has 140 valence electrons. The molecule has 0 saturated carbocycles. The summed E-state index contributed by atoms with van der Waals surface area (Å²) in [5, 5.41) is 11.4. The second kappa shape index (κ2) is 6.72. The number of benzene rings is 1. The Bertz CT molecular complexity index is 732. The van der Waals surface area contributed by atoms with Crippen LogP contribution < -0.4 is 5.32 Å². The van der Waals surface area contributed by atoms with Gasteiger partial charge in [0.25, 0.3) is 0 Å². The van der Waals surface area contributed by atoms with E-state index < -0.39 is 23.3 Å². The molecule has 2 heterocycles. The first-order valence-electron chi connectivity index (χ1n) is 9.08. The predicted molar refractivity (Wildman–Crippen MR) is 91.8 cm³/mol. The van der Waals surface area contributed by atoms with Crippen LogP contribution in [0.4, 0.5) is 0 Å². The van der Waals surface area contributed by atoms with Crippen molar-refractivity contribution in [1.82, 2.24) is 4.90 Å². The van der Waals surface area contributed by atoms with Crippen molar-refractivity contribution in [2.75, 3.05) is 13.2 Å². The lowest BCUT2D eigenvalue weighted by Gasteiger charge is -2.28. The highest BCUT2D eigenvalue weighted by Crippen LogP contribution is 2.45. The fourth-order valence-corrected chi connectivity index (χ4v) is 4.44. The lowest BCUT2D eigenvalue weighted by molar-refractivity contribution is -0.734. The molecule has 0 spiro atoms. The van der Waals surface area contributed by atoms with E-state index in [1.807, 2.05) is 12.2 Å². The van der Waals surface area contributed by atoms with Gasteiger partial charge in [0.2, 0.25) is 17.4 Å². The number of likely N-dealkylation sites (tertiary alicyclic amines) is 1. The highest BCUT2D eigenvalue weighted by atomic mass is 16.5. The molecule has 3 rings (SSSR count). The zero-order valence-electron chi connectivity index (χ0n) is 15.3. The predicted octanol–water partition coefficient (Wildman–Crippen LogP) is 0.343. The smallest absolute Gasteiger partial charge is 0.368 e. The van der Waals surface area contributed by atoms with Gasteiger partial charge in [-0.25, -0.2) is 4.79 Å². The van der Waals surface area contributed by atoms with Crippen LogP contribution in [0.1, 0.15) is 38.8 Å². The van der Waals surface area contributed by atoms with Crippen LogP contribution in [0.3, 0.4) is 0 Å². The molecule has 2 aliphatic rings. The highest BCUT2D eigenvalue weighted by molar-refractivity contribution is 6.08. The SMILES string of the molecule is CCOC(=O)[C@]1(CC)[NH2+][C@@H](c2ccc(O)cc2)[C@H]2C(=O)N(CC)C(=O)[C@H]21. The van der Waals surface area contributed by atoms with Gasteiger partial charge in [-0.2, -0.15) is 0 Å². The van der Waals surface area contributed by atoms with E-state index in [0.29, 0.717) is 6.42 Å². The molecule has 0 bridgehead atoms. The van der Waals surface area contributed by atoms with E-state index in [4.69, 9.17) is 4.74 Å². The molecule has 1 aromatic carbocycles. The number of phenols is 1. The van der Waals surface area contributed by atoms with Crippen LogP contribution >= 0.6 is 0 Å². The van der Waals surface area contributed by atoms with Crippen LogP contribution in [0.25, 0.3) is 0 Å². The third kappa shape index (κ3) is 2.49. The third-order valence-corrected chi connectivity index (χ3v) is 5.70. The summed E-state index contributed by atoms with van der Waals surface area (Å²) in [4.78, 5) is 40.0. The second-order valence-corrected chi connectivity index (χ2v) is 6.82. The maximum atomic E-state index is 13.0. The number of quaternary nitrogens is 1. The Balaban J connectivity index is 2.11. The van der Waals surface area contributed by atoms with E-state index in [1.165, 1.54) is 4.90 Å². The number of nitrogens with two attached hydrogens (primary N) is 1. The fraction of sp³-hybridized carbons (Fsp3) is 0.526. The topological polar surface area (TPSA) is 101 Å². The van der Waals surface area contributed by atoms with Gasteiger partial charge in [0.1, 0.15) is 23.6 Å². The summed E-state index contributed by atoms with van der Waals surface area (Å²) in [6.45, 7) is 5.83. The highest BCUT2D eigenvalue weighted by Gasteiger charge is 2.71. The first kappa shape index (κ1) is 18.4. The van der Waals surface area contributed by atoms with Gasteiger partial charge in [0.05, 0.1) is 6.61 Å². The summed E-state index contributed by atoms with van der Waals surface area (Å²) in [7, 11) is 0. The third-order valence-electron chi connectivity index (χ3n) is 5.70. The molecule has 2 fully saturated rings. The Labute approximate surface area is 152 Å². The summed E-state index contributed by atoms with van der Waals surface area (Å²) >= 11 is 0. The summed E-state index contributed by atoms with van der Waals surface area (Å²) in [5.41, 5.74) is -0.309. The Morgan fingerprint density at radius 3 is 2.38 bits per heavy atom. The molecule has 26 heavy (non-hydrogen) atoms. The molecule has 0 aromatic heterocycles. The van der Waals surface area contributed by atoms with Gasteiger partial charge >= 0.3 is 5.97 Å². The first-order chi connectivity index (χ1) is 12.4. The lowest BCUT2D eigenvalue weighted by atomic mass is 9.78. The number of esters is 1. The molecule has 1 aromatic rings. The number of hydrogen-bond acceptors (Lipinski definition) is 5. The zero-order chi connectivity index (χ0) is 19.1. The van der Waals surface area contributed by atoms with Crippen LogP contribution in [0.15, 0.2) is 24.3 Å². The van der Waals surface area contributed by atoms with Gasteiger partial charge in [-0.15, -0.1) is 0 Å². The molecule has 0 radical (unpaired) electrons. The maximum absolute atomic E-state index is 13.0. The van der Waals surface area contributed by atoms with E-state index in [0.717, 1.165) is 5.56 Å². The molecule has 7 nitrogen and oxygen atoms in total. The number of imide groups is 1. The Hall–Kier alpha value is -2.41. The molecule has 4 atom stereocenters. The first-order valence-corrected chi connectivity index (χ1v) is 9.08. The van der Waals surface area contributed by atoms with Crippen molar-refractivity contribution in [1.29, 1.82) is 0 Å². The van der Waals surface area contributed by atoms with Gasteiger partial charge in [-0.1, -0.05) is 6.92 Å². The van der Waals surface area contributed by atoms with Crippen molar-refractivity contribution in [3.63, 3.8) is 0 Å². The van der Waals surface area contributed by atoms with Crippen LogP contribution in [0.2, 0.25) is 0 Å². The zero-order valence-corrected chi connectivity index (χ0v) is 15.3. The summed E-state index contributed by atoms with van der Waals surface area (Å²) in [5.74, 6) is -2.21. The number of carbonyl (C=O) groups is 3. The van der Waals surface area contributed by atoms with Crippen molar-refractivity contribution >= 4 is 17.8 Å². The summed E-state index contributed by atoms with van der Waals surface area (Å²) in [6.07, 6.45) is 0.387. The van der Waals surface area contributed by atoms with Crippen molar-refractivity contribution in [3.05, 3.63) is 29.8 Å². The van der Waals surface area contributed by atoms with E-state index in [1.54, 1.807) is 38.1 Å². The number of phenolic OH excluding ortho intramolecular Hbond substituents is 1. The molecule has 2 saturated heterocycles. The molecule has 7 heteroatoms. The second-order valence-electron chi connectivity index (χ2n) is 6.82. The summed E-state index contributed by atoms with van der Waals surface area (Å²) in [6, 6.07) is 6.19. The minimum atomic E-state index is -1.11. The number of nitrogens with zero attached hydrogens (tertiary/aromatic N) is 1. The maximum Gasteiger partial charge on any atom is 0.368 e. The number of fused-ring (bicyclic) bond motifs is 1. The van der Waals surface area contributed by atoms with E-state index in [9.17, 15) is 19.5 Å². The normalized spacial score (nSPS) is 30.6. The van der Waals surface area contributed by atoms with E-state index in [2.05, 4.69) is 0 Å². The van der Waals surface area contributed by atoms with Gasteiger partial charge in [-0.05, 0) is 38.1 Å². The molecule has 0 aliphatic carbocycles. The minimum absolute atomic E-state index is 0.124. The Morgan fingerprint density at radius 2 is 1.85 bits per heavy atom. The van der Waals surface area contributed by atoms with Crippen molar-refractivity contribution in [2.24, 2.45) is 11.8 Å². The van der Waals surface area contributed by atoms with E-state index in [-0.39, 0.29) is 36.8 Å². The molecular weight excluding hydrogens is 336 g/mol. The quantitative estimate of drug-likeness (QED) is 0.582. The largest absolute Gasteiger partial charge is 0.508 e. The standard InChI is InChI=1S/C19H24N2O5/c1-4-19(18(25)26-6-3)14-13(16(23)21(5-2)17(14)24)15(20-19)11-7-9-12(22)10-8-11/h7-10,13-15,20,22H,4-6H2,1-3H3/p+1/t13-,14-,15-,19+/m0/s1. The summed E-state index contributed by atoms with van der Waals surface area (Å²) < 4.78 is 5.29. The van der Waals surface area contributed by atoms with Gasteiger partial charge in [0, 0.05) is 18.5 Å². The van der Waals surface area contributed by atoms with Crippen LogP contribution in [0.5, 0.6) is 5.75 Å². The van der Waals surface area contributed by atoms with Gasteiger partial charge in [0.15, 0.2) is 0 Å². The Kier molecular flexibility index (Phi) is 4.75. The van der Waals surface area contributed by atoms with E-state index >= 15 is 0 Å². The molecule has 3 N–H and O–H groups in total. The van der Waals surface area contributed by atoms with Crippen LogP contribution in [0, 0.1) is 11.8 Å². The average molecular weight is 361 g/mol. The van der Waals surface area contributed by atoms with Gasteiger partial charge < -0.3 is 15.2 Å². The van der Waals surface area contributed by atoms with Crippen molar-refractivity contribution in [2.45, 2.75) is 38.8 Å². The molecule has 2 amide bonds. The number of amides is 2. The van der Waals surface area contributed by atoms with Gasteiger partial charge in [-0.3, -0.25) is 14.5 Å². The molecule has 0 unspecified atom stereocenters. The number of carbonyl (C=O) groups excluding carboxylic acids is 3. The number of rotatable bonds is 5. The molecular formula is C19H25N2O5+. The average Bonchev–Trinajstić information content (AvgIpc) is 3.11. The van der Waals surface area contributed by atoms with Crippen molar-refractivity contribution < 1.29 is 29.5 Å². The van der Waals surface area contributed by atoms with Crippen molar-refractivity contribution in [3.8, 4) is 5.75 Å². The number of ether oxygens (including phenoxy) is 1. The van der Waals surface area contributed by atoms with Crippen LogP contribution in [-0.4, -0.2) is 46.5 Å². The Morgan fingerprint density at radius 1 is 1.19 bits per heavy atom. The lowest BCUT2D eigenvalue weighted by Crippen LogP contribution is -2.98.